The number of aryl methyl sites for hydroxylation is 1. The molecule has 0 aliphatic heterocycles. The second kappa shape index (κ2) is 8.07. The molecule has 0 atom stereocenters. The predicted octanol–water partition coefficient (Wildman–Crippen LogP) is 3.73. The Kier molecular flexibility index (Phi) is 7.93. The number of carbonyl (C=O) groups is 1. The molecule has 108 valence electrons. The van der Waals surface area contributed by atoms with Crippen LogP contribution in [0.3, 0.4) is 0 Å². The number of nitrogens with one attached hydrogen (secondary N) is 1. The number of rotatable bonds is 5. The molecular weight excluding hydrogens is 375 g/mol. The number of carbonyl (C=O) groups excluding carboxylic acids is 1. The van der Waals surface area contributed by atoms with Gasteiger partial charge in [-0.25, -0.2) is 0 Å². The lowest BCUT2D eigenvalue weighted by Gasteiger charge is -2.28. The van der Waals surface area contributed by atoms with Crippen molar-refractivity contribution < 1.29 is 4.79 Å². The monoisotopic (exact) mass is 396 g/mol. The normalized spacial score (nSPS) is 10.8. The first kappa shape index (κ1) is 18.7. The summed E-state index contributed by atoms with van der Waals surface area (Å²) in [6, 6.07) is 5.99. The van der Waals surface area contributed by atoms with Gasteiger partial charge < -0.3 is 11.1 Å². The van der Waals surface area contributed by atoms with Gasteiger partial charge in [0, 0.05) is 15.8 Å². The van der Waals surface area contributed by atoms with E-state index in [0.29, 0.717) is 6.54 Å². The SMILES string of the molecule is CCC(CC)(CN)C(=O)Nc1ccc(I)cc1C.Cl. The van der Waals surface area contributed by atoms with Gasteiger partial charge in [-0.3, -0.25) is 4.79 Å². The zero-order chi connectivity index (χ0) is 13.8. The quantitative estimate of drug-likeness (QED) is 0.745. The summed E-state index contributed by atoms with van der Waals surface area (Å²) < 4.78 is 1.17. The van der Waals surface area contributed by atoms with Gasteiger partial charge in [-0.1, -0.05) is 13.8 Å². The Morgan fingerprint density at radius 2 is 1.95 bits per heavy atom. The second-order valence-corrected chi connectivity index (χ2v) is 5.85. The molecule has 3 N–H and O–H groups in total. The van der Waals surface area contributed by atoms with E-state index in [1.807, 2.05) is 32.9 Å². The van der Waals surface area contributed by atoms with Crippen molar-refractivity contribution in [2.45, 2.75) is 33.6 Å². The fraction of sp³-hybridized carbons (Fsp3) is 0.500. The van der Waals surface area contributed by atoms with Crippen molar-refractivity contribution in [1.29, 1.82) is 0 Å². The van der Waals surface area contributed by atoms with Gasteiger partial charge in [-0.2, -0.15) is 0 Å². The van der Waals surface area contributed by atoms with Crippen LogP contribution in [0.4, 0.5) is 5.69 Å². The summed E-state index contributed by atoms with van der Waals surface area (Å²) >= 11 is 2.26. The van der Waals surface area contributed by atoms with Gasteiger partial charge in [0.05, 0.1) is 5.41 Å². The van der Waals surface area contributed by atoms with Crippen LogP contribution in [-0.2, 0) is 4.79 Å². The average molecular weight is 397 g/mol. The van der Waals surface area contributed by atoms with E-state index in [0.717, 1.165) is 24.1 Å². The van der Waals surface area contributed by atoms with Crippen molar-refractivity contribution in [1.82, 2.24) is 0 Å². The molecule has 3 nitrogen and oxygen atoms in total. The molecule has 1 amide bonds. The van der Waals surface area contributed by atoms with Crippen molar-refractivity contribution in [3.05, 3.63) is 27.3 Å². The largest absolute Gasteiger partial charge is 0.329 e. The smallest absolute Gasteiger partial charge is 0.231 e. The van der Waals surface area contributed by atoms with E-state index in [-0.39, 0.29) is 18.3 Å². The van der Waals surface area contributed by atoms with E-state index in [2.05, 4.69) is 34.0 Å². The number of hydrogen-bond acceptors (Lipinski definition) is 2. The van der Waals surface area contributed by atoms with Crippen molar-refractivity contribution in [2.24, 2.45) is 11.1 Å². The summed E-state index contributed by atoms with van der Waals surface area (Å²) in [5.74, 6) is 0.0271. The number of anilines is 1. The number of amides is 1. The van der Waals surface area contributed by atoms with Crippen LogP contribution in [0.1, 0.15) is 32.3 Å². The molecule has 0 aliphatic rings. The Hall–Kier alpha value is -0.330. The topological polar surface area (TPSA) is 55.1 Å². The fourth-order valence-electron chi connectivity index (χ4n) is 1.97. The lowest BCUT2D eigenvalue weighted by molar-refractivity contribution is -0.125. The summed E-state index contributed by atoms with van der Waals surface area (Å²) in [6.07, 6.45) is 1.52. The van der Waals surface area contributed by atoms with E-state index in [4.69, 9.17) is 5.73 Å². The Balaban J connectivity index is 0.00000324. The van der Waals surface area contributed by atoms with Crippen molar-refractivity contribution >= 4 is 46.6 Å². The molecule has 0 unspecified atom stereocenters. The van der Waals surface area contributed by atoms with Gasteiger partial charge in [0.1, 0.15) is 0 Å². The van der Waals surface area contributed by atoms with Gasteiger partial charge in [0.15, 0.2) is 0 Å². The van der Waals surface area contributed by atoms with Crippen molar-refractivity contribution in [3.8, 4) is 0 Å². The molecule has 1 aromatic carbocycles. The summed E-state index contributed by atoms with van der Waals surface area (Å²) in [6.45, 7) is 6.41. The van der Waals surface area contributed by atoms with Gasteiger partial charge in [0.25, 0.3) is 0 Å². The van der Waals surface area contributed by atoms with E-state index < -0.39 is 5.41 Å². The molecule has 5 heteroatoms. The van der Waals surface area contributed by atoms with Gasteiger partial charge in [0.2, 0.25) is 5.91 Å². The minimum absolute atomic E-state index is 0. The molecule has 19 heavy (non-hydrogen) atoms. The van der Waals surface area contributed by atoms with Crippen LogP contribution in [0.25, 0.3) is 0 Å². The molecular formula is C14H22ClIN2O. The molecule has 0 radical (unpaired) electrons. The fourth-order valence-corrected chi connectivity index (χ4v) is 2.62. The van der Waals surface area contributed by atoms with Crippen LogP contribution in [0.15, 0.2) is 18.2 Å². The lowest BCUT2D eigenvalue weighted by atomic mass is 9.81. The first-order valence-electron chi connectivity index (χ1n) is 6.26. The van der Waals surface area contributed by atoms with Crippen LogP contribution in [0.5, 0.6) is 0 Å². The molecule has 0 bridgehead atoms. The standard InChI is InChI=1S/C14H21IN2O.ClH/c1-4-14(5-2,9-16)13(18)17-12-7-6-11(15)8-10(12)3;/h6-8H,4-5,9,16H2,1-3H3,(H,17,18);1H. The maximum atomic E-state index is 12.4. The van der Waals surface area contributed by atoms with Crippen LogP contribution < -0.4 is 11.1 Å². The zero-order valence-corrected chi connectivity index (χ0v) is 14.6. The molecule has 0 saturated heterocycles. The highest BCUT2D eigenvalue weighted by Crippen LogP contribution is 2.28. The highest BCUT2D eigenvalue weighted by molar-refractivity contribution is 14.1. The van der Waals surface area contributed by atoms with E-state index in [9.17, 15) is 4.79 Å². The first-order chi connectivity index (χ1) is 8.49. The van der Waals surface area contributed by atoms with Crippen molar-refractivity contribution in [3.63, 3.8) is 0 Å². The minimum atomic E-state index is -0.449. The van der Waals surface area contributed by atoms with Crippen molar-refractivity contribution in [2.75, 3.05) is 11.9 Å². The summed E-state index contributed by atoms with van der Waals surface area (Å²) in [5, 5.41) is 3.01. The maximum absolute atomic E-state index is 12.4. The number of nitrogens with two attached hydrogens (primary N) is 1. The molecule has 1 rings (SSSR count). The number of benzene rings is 1. The van der Waals surface area contributed by atoms with Gasteiger partial charge in [-0.05, 0) is 66.1 Å². The zero-order valence-electron chi connectivity index (χ0n) is 11.6. The Labute approximate surface area is 135 Å². The Morgan fingerprint density at radius 3 is 2.37 bits per heavy atom. The second-order valence-electron chi connectivity index (χ2n) is 4.60. The average Bonchev–Trinajstić information content (AvgIpc) is 2.36. The summed E-state index contributed by atoms with van der Waals surface area (Å²) in [7, 11) is 0. The third kappa shape index (κ3) is 4.33. The molecule has 0 aliphatic carbocycles. The van der Waals surface area contributed by atoms with Gasteiger partial charge >= 0.3 is 0 Å². The Bertz CT molecular complexity index is 425. The molecule has 1 aromatic rings. The van der Waals surface area contributed by atoms with E-state index in [1.165, 1.54) is 3.57 Å². The van der Waals surface area contributed by atoms with Crippen LogP contribution in [0, 0.1) is 15.9 Å². The molecule has 0 aromatic heterocycles. The number of hydrogen-bond donors (Lipinski definition) is 2. The van der Waals surface area contributed by atoms with Crippen LogP contribution >= 0.6 is 35.0 Å². The van der Waals surface area contributed by atoms with Gasteiger partial charge in [-0.15, -0.1) is 12.4 Å². The van der Waals surface area contributed by atoms with Crippen LogP contribution in [-0.4, -0.2) is 12.5 Å². The maximum Gasteiger partial charge on any atom is 0.231 e. The molecule has 0 saturated carbocycles. The summed E-state index contributed by atoms with van der Waals surface area (Å²) in [5.41, 5.74) is 7.29. The molecule has 0 heterocycles. The molecule has 0 fully saturated rings. The van der Waals surface area contributed by atoms with E-state index in [1.54, 1.807) is 0 Å². The van der Waals surface area contributed by atoms with E-state index >= 15 is 0 Å². The highest BCUT2D eigenvalue weighted by atomic mass is 127. The predicted molar refractivity (Wildman–Crippen MR) is 91.8 cm³/mol. The highest BCUT2D eigenvalue weighted by Gasteiger charge is 2.33. The lowest BCUT2D eigenvalue weighted by Crippen LogP contribution is -2.41. The van der Waals surface area contributed by atoms with Crippen LogP contribution in [0.2, 0.25) is 0 Å². The third-order valence-corrected chi connectivity index (χ3v) is 4.33. The minimum Gasteiger partial charge on any atom is -0.329 e. The third-order valence-electron chi connectivity index (χ3n) is 3.66. The Morgan fingerprint density at radius 1 is 1.37 bits per heavy atom. The summed E-state index contributed by atoms with van der Waals surface area (Å²) in [4.78, 5) is 12.4. The molecule has 0 spiro atoms. The number of halogens is 2. The first-order valence-corrected chi connectivity index (χ1v) is 7.34.